The number of methoxy groups -OCH3 is 1. The summed E-state index contributed by atoms with van der Waals surface area (Å²) in [5, 5.41) is 0.587. The summed E-state index contributed by atoms with van der Waals surface area (Å²) in [5.74, 6) is -1.08. The van der Waals surface area contributed by atoms with Gasteiger partial charge >= 0.3 is 11.9 Å². The summed E-state index contributed by atoms with van der Waals surface area (Å²) in [6.07, 6.45) is 0. The number of para-hydroxylation sites is 1. The molecule has 0 saturated heterocycles. The Bertz CT molecular complexity index is 2130. The second kappa shape index (κ2) is 12.4. The first-order valence-corrected chi connectivity index (χ1v) is 15.6. The quantitative estimate of drug-likeness (QED) is 0.215. The summed E-state index contributed by atoms with van der Waals surface area (Å²) in [6.45, 7) is 5.03. The largest absolute Gasteiger partial charge is 0.493 e. The van der Waals surface area contributed by atoms with Crippen molar-refractivity contribution in [3.8, 4) is 11.5 Å². The lowest BCUT2D eigenvalue weighted by atomic mass is 9.95. The maximum absolute atomic E-state index is 14.5. The zero-order valence-electron chi connectivity index (χ0n) is 25.3. The predicted octanol–water partition coefficient (Wildman–Crippen LogP) is 4.30. The number of benzene rings is 3. The Hall–Kier alpha value is -5.00. The fourth-order valence-corrected chi connectivity index (χ4v) is 6.94. The van der Waals surface area contributed by atoms with Crippen LogP contribution < -0.4 is 29.3 Å². The molecule has 2 aliphatic rings. The van der Waals surface area contributed by atoms with Crippen LogP contribution in [0.4, 0.5) is 5.69 Å². The highest BCUT2D eigenvalue weighted by molar-refractivity contribution is 7.07. The van der Waals surface area contributed by atoms with Gasteiger partial charge in [-0.1, -0.05) is 59.3 Å². The average molecular weight is 658 g/mol. The van der Waals surface area contributed by atoms with Crippen LogP contribution in [0.1, 0.15) is 43.5 Å². The van der Waals surface area contributed by atoms with E-state index in [0.717, 1.165) is 16.9 Å². The first-order chi connectivity index (χ1) is 22.1. The molecule has 0 fully saturated rings. The number of amides is 1. The van der Waals surface area contributed by atoms with Crippen LogP contribution in [0.5, 0.6) is 11.5 Å². The van der Waals surface area contributed by atoms with Crippen molar-refractivity contribution in [1.82, 2.24) is 4.57 Å². The van der Waals surface area contributed by atoms with Gasteiger partial charge in [0.1, 0.15) is 4.53 Å². The highest BCUT2D eigenvalue weighted by atomic mass is 35.5. The molecule has 12 heteroatoms. The van der Waals surface area contributed by atoms with Crippen molar-refractivity contribution in [1.29, 1.82) is 0 Å². The molecule has 0 radical (unpaired) electrons. The van der Waals surface area contributed by atoms with Crippen molar-refractivity contribution in [3.05, 3.63) is 119 Å². The first-order valence-electron chi connectivity index (χ1n) is 14.4. The number of hydrogen-bond acceptors (Lipinski definition) is 9. The van der Waals surface area contributed by atoms with Gasteiger partial charge in [0, 0.05) is 17.5 Å². The third kappa shape index (κ3) is 5.41. The van der Waals surface area contributed by atoms with E-state index in [1.54, 1.807) is 43.0 Å². The molecule has 3 heterocycles. The molecule has 0 bridgehead atoms. The molecule has 2 aliphatic heterocycles. The van der Waals surface area contributed by atoms with E-state index in [1.807, 2.05) is 36.4 Å². The monoisotopic (exact) mass is 657 g/mol. The zero-order valence-corrected chi connectivity index (χ0v) is 26.9. The average Bonchev–Trinajstić information content (AvgIpc) is 3.49. The van der Waals surface area contributed by atoms with Gasteiger partial charge in [-0.3, -0.25) is 19.0 Å². The maximum atomic E-state index is 14.5. The molecule has 0 N–H and O–H groups in total. The van der Waals surface area contributed by atoms with Crippen LogP contribution in [0.25, 0.3) is 5.57 Å². The molecule has 0 aliphatic carbocycles. The third-order valence-electron chi connectivity index (χ3n) is 7.65. The number of carbonyl (C=O) groups is 3. The third-order valence-corrected chi connectivity index (χ3v) is 8.96. The second-order valence-corrected chi connectivity index (χ2v) is 12.0. The highest BCUT2D eigenvalue weighted by Crippen LogP contribution is 2.38. The molecular weight excluding hydrogens is 630 g/mol. The van der Waals surface area contributed by atoms with Crippen molar-refractivity contribution in [3.63, 3.8) is 0 Å². The van der Waals surface area contributed by atoms with Gasteiger partial charge in [0.15, 0.2) is 16.3 Å². The molecule has 0 spiro atoms. The van der Waals surface area contributed by atoms with Crippen molar-refractivity contribution >= 4 is 52.0 Å². The fraction of sp³-hybridized carbons (Fsp3) is 0.206. The molecule has 46 heavy (non-hydrogen) atoms. The standard InChI is InChI=1S/C34H28ClN3O7S/c1-5-44-33(42)27-18(2)36-34-38(29(27)21-12-15-25(45-19(3)39)26(16-21)43-4)32(41)30(46-34)28-23-8-6-7-9-24(23)37(31(28)40)17-20-10-13-22(35)14-11-20/h6-16,29H,5,17H2,1-4H3/b30-28-/t29-/m0/s1. The number of fused-ring (bicyclic) bond motifs is 2. The molecule has 1 amide bonds. The molecule has 0 saturated carbocycles. The van der Waals surface area contributed by atoms with Crippen LogP contribution >= 0.6 is 22.9 Å². The van der Waals surface area contributed by atoms with E-state index in [2.05, 4.69) is 4.99 Å². The smallest absolute Gasteiger partial charge is 0.338 e. The number of nitrogens with zero attached hydrogens (tertiary/aromatic N) is 3. The Morgan fingerprint density at radius 2 is 1.76 bits per heavy atom. The molecule has 6 rings (SSSR count). The lowest BCUT2D eigenvalue weighted by Crippen LogP contribution is -2.41. The van der Waals surface area contributed by atoms with Crippen LogP contribution in [0, 0.1) is 0 Å². The van der Waals surface area contributed by atoms with Gasteiger partial charge in [0.2, 0.25) is 0 Å². The van der Waals surface area contributed by atoms with Crippen LogP contribution in [-0.2, 0) is 25.7 Å². The van der Waals surface area contributed by atoms with Crippen molar-refractivity contribution in [2.75, 3.05) is 18.6 Å². The molecule has 0 unspecified atom stereocenters. The topological polar surface area (TPSA) is 117 Å². The van der Waals surface area contributed by atoms with E-state index in [-0.39, 0.29) is 46.2 Å². The molecule has 234 valence electrons. The molecular formula is C34H28ClN3O7S. The van der Waals surface area contributed by atoms with Gasteiger partial charge in [-0.05, 0) is 55.3 Å². The van der Waals surface area contributed by atoms with Crippen LogP contribution in [0.15, 0.2) is 87.8 Å². The maximum Gasteiger partial charge on any atom is 0.338 e. The van der Waals surface area contributed by atoms with Crippen molar-refractivity contribution in [2.24, 2.45) is 4.99 Å². The number of ether oxygens (including phenoxy) is 3. The number of aromatic nitrogens is 1. The van der Waals surface area contributed by atoms with E-state index in [4.69, 9.17) is 25.8 Å². The molecule has 3 aromatic carbocycles. The Morgan fingerprint density at radius 3 is 2.46 bits per heavy atom. The summed E-state index contributed by atoms with van der Waals surface area (Å²) in [5.41, 5.74) is 2.96. The highest BCUT2D eigenvalue weighted by Gasteiger charge is 2.37. The van der Waals surface area contributed by atoms with E-state index in [9.17, 15) is 19.2 Å². The van der Waals surface area contributed by atoms with Crippen LogP contribution in [0.2, 0.25) is 5.02 Å². The first kappa shape index (κ1) is 31.0. The number of carbonyl (C=O) groups excluding carboxylic acids is 3. The van der Waals surface area contributed by atoms with E-state index in [1.165, 1.54) is 24.7 Å². The van der Waals surface area contributed by atoms with Gasteiger partial charge in [-0.2, -0.15) is 0 Å². The second-order valence-electron chi connectivity index (χ2n) is 10.5. The molecule has 10 nitrogen and oxygen atoms in total. The number of rotatable bonds is 7. The van der Waals surface area contributed by atoms with Gasteiger partial charge < -0.3 is 19.1 Å². The number of allylic oxidation sites excluding steroid dienone is 1. The van der Waals surface area contributed by atoms with Gasteiger partial charge in [0.05, 0.1) is 48.8 Å². The summed E-state index contributed by atoms with van der Waals surface area (Å²) in [6, 6.07) is 18.4. The van der Waals surface area contributed by atoms with Gasteiger partial charge in [-0.15, -0.1) is 0 Å². The van der Waals surface area contributed by atoms with E-state index < -0.39 is 23.5 Å². The SMILES string of the molecule is CCOC(=O)C1=C(C)N=c2s/c(=C3\C(=O)N(Cc4ccc(Cl)cc4)c4ccccc43)c(=O)n2[C@H]1c1ccc(OC(C)=O)c(OC)c1. The minimum atomic E-state index is -0.971. The van der Waals surface area contributed by atoms with E-state index in [0.29, 0.717) is 32.3 Å². The Kier molecular flexibility index (Phi) is 8.37. The lowest BCUT2D eigenvalue weighted by molar-refractivity contribution is -0.139. The van der Waals surface area contributed by atoms with E-state index >= 15 is 0 Å². The fourth-order valence-electron chi connectivity index (χ4n) is 5.68. The molecule has 1 aromatic heterocycles. The van der Waals surface area contributed by atoms with Crippen LogP contribution in [0.3, 0.4) is 0 Å². The summed E-state index contributed by atoms with van der Waals surface area (Å²) < 4.78 is 17.8. The normalized spacial score (nSPS) is 16.5. The Balaban J connectivity index is 1.56. The minimum absolute atomic E-state index is 0.111. The minimum Gasteiger partial charge on any atom is -0.493 e. The summed E-state index contributed by atoms with van der Waals surface area (Å²) in [7, 11) is 1.42. The Labute approximate surface area is 272 Å². The van der Waals surface area contributed by atoms with Gasteiger partial charge in [-0.25, -0.2) is 9.79 Å². The number of anilines is 1. The summed E-state index contributed by atoms with van der Waals surface area (Å²) in [4.78, 5) is 60.2. The molecule has 4 aromatic rings. The van der Waals surface area contributed by atoms with Crippen LogP contribution in [-0.4, -0.2) is 36.1 Å². The van der Waals surface area contributed by atoms with Gasteiger partial charge in [0.25, 0.3) is 11.5 Å². The number of hydrogen-bond donors (Lipinski definition) is 0. The predicted molar refractivity (Wildman–Crippen MR) is 173 cm³/mol. The zero-order chi connectivity index (χ0) is 32.7. The lowest BCUT2D eigenvalue weighted by Gasteiger charge is -2.25. The number of thiazole rings is 1. The molecule has 1 atom stereocenters. The Morgan fingerprint density at radius 1 is 1.02 bits per heavy atom. The summed E-state index contributed by atoms with van der Waals surface area (Å²) >= 11 is 7.16. The van der Waals surface area contributed by atoms with Crippen molar-refractivity contribution in [2.45, 2.75) is 33.4 Å². The number of esters is 2. The van der Waals surface area contributed by atoms with Crippen molar-refractivity contribution < 1.29 is 28.6 Å². The number of halogens is 1.